The van der Waals surface area contributed by atoms with Gasteiger partial charge < -0.3 is 20.1 Å². The molecular formula is C17H16Cl2N2O3. The monoisotopic (exact) mass is 366 g/mol. The molecule has 0 unspecified atom stereocenters. The summed E-state index contributed by atoms with van der Waals surface area (Å²) in [5.41, 5.74) is 2.30. The van der Waals surface area contributed by atoms with Crippen molar-refractivity contribution in [2.24, 2.45) is 0 Å². The van der Waals surface area contributed by atoms with Gasteiger partial charge in [0.2, 0.25) is 5.91 Å². The first kappa shape index (κ1) is 16.7. The number of carbonyl (C=O) groups excluding carboxylic acids is 1. The number of rotatable bonds is 4. The largest absolute Gasteiger partial charge is 0.486 e. The Bertz CT molecular complexity index is 781. The first-order valence-corrected chi connectivity index (χ1v) is 8.17. The first-order chi connectivity index (χ1) is 11.5. The Balaban J connectivity index is 1.64. The molecule has 0 atom stereocenters. The van der Waals surface area contributed by atoms with Crippen molar-refractivity contribution in [3.63, 3.8) is 0 Å². The van der Waals surface area contributed by atoms with Crippen molar-refractivity contribution >= 4 is 40.5 Å². The zero-order chi connectivity index (χ0) is 17.1. The summed E-state index contributed by atoms with van der Waals surface area (Å²) < 4.78 is 10.9. The lowest BCUT2D eigenvalue weighted by atomic mass is 10.2. The number of ether oxygens (including phenoxy) is 2. The van der Waals surface area contributed by atoms with E-state index in [1.165, 1.54) is 0 Å². The van der Waals surface area contributed by atoms with Crippen molar-refractivity contribution in [1.29, 1.82) is 0 Å². The van der Waals surface area contributed by atoms with E-state index in [1.54, 1.807) is 18.2 Å². The standard InChI is InChI=1S/C17H16Cl2N2O3/c1-10-6-11(18)2-3-13(10)20-9-17(22)21-14-8-16-15(7-12(14)19)23-4-5-24-16/h2-3,6-8,20H,4-5,9H2,1H3,(H,21,22). The van der Waals surface area contributed by atoms with Gasteiger partial charge in [0.15, 0.2) is 11.5 Å². The topological polar surface area (TPSA) is 59.6 Å². The molecule has 0 radical (unpaired) electrons. The molecule has 3 rings (SSSR count). The molecule has 2 aromatic rings. The molecule has 0 aliphatic carbocycles. The average Bonchev–Trinajstić information content (AvgIpc) is 2.55. The summed E-state index contributed by atoms with van der Waals surface area (Å²) in [5.74, 6) is 0.935. The summed E-state index contributed by atoms with van der Waals surface area (Å²) >= 11 is 12.1. The van der Waals surface area contributed by atoms with Gasteiger partial charge in [-0.3, -0.25) is 4.79 Å². The Morgan fingerprint density at radius 2 is 1.79 bits per heavy atom. The van der Waals surface area contributed by atoms with Gasteiger partial charge >= 0.3 is 0 Å². The number of aryl methyl sites for hydroxylation is 1. The minimum Gasteiger partial charge on any atom is -0.486 e. The van der Waals surface area contributed by atoms with Crippen molar-refractivity contribution < 1.29 is 14.3 Å². The lowest BCUT2D eigenvalue weighted by Crippen LogP contribution is -2.22. The van der Waals surface area contributed by atoms with Crippen LogP contribution in [0.4, 0.5) is 11.4 Å². The number of nitrogens with one attached hydrogen (secondary N) is 2. The Morgan fingerprint density at radius 3 is 2.50 bits per heavy atom. The molecule has 126 valence electrons. The lowest BCUT2D eigenvalue weighted by Gasteiger charge is -2.20. The maximum absolute atomic E-state index is 12.2. The van der Waals surface area contributed by atoms with Crippen LogP contribution in [0.5, 0.6) is 11.5 Å². The molecule has 1 aliphatic heterocycles. The highest BCUT2D eigenvalue weighted by Crippen LogP contribution is 2.37. The van der Waals surface area contributed by atoms with Crippen LogP contribution in [-0.4, -0.2) is 25.7 Å². The van der Waals surface area contributed by atoms with Crippen LogP contribution < -0.4 is 20.1 Å². The molecule has 0 bridgehead atoms. The van der Waals surface area contributed by atoms with Gasteiger partial charge in [-0.25, -0.2) is 0 Å². The predicted molar refractivity (Wildman–Crippen MR) is 95.8 cm³/mol. The molecule has 0 saturated heterocycles. The highest BCUT2D eigenvalue weighted by atomic mass is 35.5. The van der Waals surface area contributed by atoms with E-state index in [-0.39, 0.29) is 12.5 Å². The molecule has 1 amide bonds. The fourth-order valence-electron chi connectivity index (χ4n) is 2.36. The molecule has 2 aromatic carbocycles. The van der Waals surface area contributed by atoms with E-state index in [0.29, 0.717) is 40.4 Å². The van der Waals surface area contributed by atoms with Crippen LogP contribution in [0.3, 0.4) is 0 Å². The van der Waals surface area contributed by atoms with Crippen LogP contribution in [0, 0.1) is 6.92 Å². The minimum absolute atomic E-state index is 0.104. The van der Waals surface area contributed by atoms with Crippen molar-refractivity contribution in [2.45, 2.75) is 6.92 Å². The number of amides is 1. The van der Waals surface area contributed by atoms with Gasteiger partial charge in [-0.05, 0) is 30.7 Å². The summed E-state index contributed by atoms with van der Waals surface area (Å²) in [5, 5.41) is 6.89. The molecule has 1 heterocycles. The highest BCUT2D eigenvalue weighted by Gasteiger charge is 2.16. The quantitative estimate of drug-likeness (QED) is 0.854. The van der Waals surface area contributed by atoms with Gasteiger partial charge in [0.1, 0.15) is 13.2 Å². The molecule has 24 heavy (non-hydrogen) atoms. The van der Waals surface area contributed by atoms with Gasteiger partial charge in [-0.1, -0.05) is 23.2 Å². The third-order valence-corrected chi connectivity index (χ3v) is 4.08. The summed E-state index contributed by atoms with van der Waals surface area (Å²) in [6, 6.07) is 8.75. The number of halogens is 2. The smallest absolute Gasteiger partial charge is 0.243 e. The van der Waals surface area contributed by atoms with E-state index in [0.717, 1.165) is 11.3 Å². The molecule has 5 nitrogen and oxygen atoms in total. The van der Waals surface area contributed by atoms with E-state index in [9.17, 15) is 4.79 Å². The Hall–Kier alpha value is -2.11. The number of hydrogen-bond donors (Lipinski definition) is 2. The maximum Gasteiger partial charge on any atom is 0.243 e. The second-order valence-corrected chi connectivity index (χ2v) is 6.18. The second-order valence-electron chi connectivity index (χ2n) is 5.34. The minimum atomic E-state index is -0.220. The first-order valence-electron chi connectivity index (χ1n) is 7.42. The van der Waals surface area contributed by atoms with E-state index in [4.69, 9.17) is 32.7 Å². The number of carbonyl (C=O) groups is 1. The fourth-order valence-corrected chi connectivity index (χ4v) is 2.78. The van der Waals surface area contributed by atoms with Crippen LogP contribution in [0.2, 0.25) is 10.0 Å². The van der Waals surface area contributed by atoms with Crippen molar-refractivity contribution in [3.8, 4) is 11.5 Å². The van der Waals surface area contributed by atoms with Crippen molar-refractivity contribution in [1.82, 2.24) is 0 Å². The van der Waals surface area contributed by atoms with Crippen LogP contribution >= 0.6 is 23.2 Å². The van der Waals surface area contributed by atoms with Crippen LogP contribution in [0.25, 0.3) is 0 Å². The zero-order valence-corrected chi connectivity index (χ0v) is 14.5. The molecule has 0 saturated carbocycles. The van der Waals surface area contributed by atoms with Crippen LogP contribution in [0.1, 0.15) is 5.56 Å². The summed E-state index contributed by atoms with van der Waals surface area (Å²) in [4.78, 5) is 12.2. The van der Waals surface area contributed by atoms with E-state index in [2.05, 4.69) is 10.6 Å². The third kappa shape index (κ3) is 3.86. The number of fused-ring (bicyclic) bond motifs is 1. The Kier molecular flexibility index (Phi) is 5.02. The average molecular weight is 367 g/mol. The molecule has 2 N–H and O–H groups in total. The normalized spacial score (nSPS) is 12.6. The molecule has 0 aromatic heterocycles. The van der Waals surface area contributed by atoms with E-state index >= 15 is 0 Å². The van der Waals surface area contributed by atoms with Gasteiger partial charge in [0.05, 0.1) is 17.3 Å². The van der Waals surface area contributed by atoms with Gasteiger partial charge in [0.25, 0.3) is 0 Å². The fraction of sp³-hybridized carbons (Fsp3) is 0.235. The van der Waals surface area contributed by atoms with E-state index in [1.807, 2.05) is 19.1 Å². The summed E-state index contributed by atoms with van der Waals surface area (Å²) in [7, 11) is 0. The Morgan fingerprint density at radius 1 is 1.08 bits per heavy atom. The summed E-state index contributed by atoms with van der Waals surface area (Å²) in [6.45, 7) is 2.98. The number of hydrogen-bond acceptors (Lipinski definition) is 4. The molecule has 0 spiro atoms. The lowest BCUT2D eigenvalue weighted by molar-refractivity contribution is -0.114. The Labute approximate surface area is 149 Å². The third-order valence-electron chi connectivity index (χ3n) is 3.53. The highest BCUT2D eigenvalue weighted by molar-refractivity contribution is 6.34. The maximum atomic E-state index is 12.2. The van der Waals surface area contributed by atoms with E-state index < -0.39 is 0 Å². The van der Waals surface area contributed by atoms with Crippen molar-refractivity contribution in [3.05, 3.63) is 45.9 Å². The van der Waals surface area contributed by atoms with Gasteiger partial charge in [0, 0.05) is 22.8 Å². The molecule has 1 aliphatic rings. The molecule has 0 fully saturated rings. The van der Waals surface area contributed by atoms with Gasteiger partial charge in [-0.15, -0.1) is 0 Å². The summed E-state index contributed by atoms with van der Waals surface area (Å²) in [6.07, 6.45) is 0. The molecular weight excluding hydrogens is 351 g/mol. The number of benzene rings is 2. The van der Waals surface area contributed by atoms with Crippen LogP contribution in [0.15, 0.2) is 30.3 Å². The second kappa shape index (κ2) is 7.20. The predicted octanol–water partition coefficient (Wildman–Crippen LogP) is 4.12. The van der Waals surface area contributed by atoms with Crippen molar-refractivity contribution in [2.75, 3.05) is 30.4 Å². The SMILES string of the molecule is Cc1cc(Cl)ccc1NCC(=O)Nc1cc2c(cc1Cl)OCCO2. The molecule has 7 heteroatoms. The number of anilines is 2. The van der Waals surface area contributed by atoms with Gasteiger partial charge in [-0.2, -0.15) is 0 Å². The zero-order valence-electron chi connectivity index (χ0n) is 13.0. The van der Waals surface area contributed by atoms with Crippen LogP contribution in [-0.2, 0) is 4.79 Å².